The van der Waals surface area contributed by atoms with Crippen LogP contribution in [0.5, 0.6) is 0 Å². The van der Waals surface area contributed by atoms with Crippen LogP contribution < -0.4 is 15.5 Å². The van der Waals surface area contributed by atoms with E-state index >= 15 is 0 Å². The Morgan fingerprint density at radius 2 is 1.46 bits per heavy atom. The molecular formula is C22H30N4O2. The second kappa shape index (κ2) is 10.5. The van der Waals surface area contributed by atoms with E-state index in [1.165, 1.54) is 0 Å². The fraction of sp³-hybridized carbons (Fsp3) is 0.364. The van der Waals surface area contributed by atoms with Gasteiger partial charge in [0.05, 0.1) is 6.04 Å². The number of amides is 2. The number of hydrogen-bond acceptors (Lipinski definition) is 4. The summed E-state index contributed by atoms with van der Waals surface area (Å²) in [6.45, 7) is 0.790. The number of carbonyl (C=O) groups excluding carboxylic acids is 2. The average molecular weight is 383 g/mol. The second-order valence-corrected chi connectivity index (χ2v) is 7.17. The lowest BCUT2D eigenvalue weighted by Gasteiger charge is -2.25. The Hall–Kier alpha value is -2.86. The Morgan fingerprint density at radius 1 is 0.857 bits per heavy atom. The zero-order chi connectivity index (χ0) is 20.5. The van der Waals surface area contributed by atoms with Crippen LogP contribution in [0.25, 0.3) is 0 Å². The molecule has 0 heterocycles. The molecular weight excluding hydrogens is 352 g/mol. The lowest BCUT2D eigenvalue weighted by atomic mass is 10.1. The van der Waals surface area contributed by atoms with Gasteiger partial charge in [-0.1, -0.05) is 42.5 Å². The molecule has 0 saturated carbocycles. The van der Waals surface area contributed by atoms with Crippen LogP contribution >= 0.6 is 0 Å². The average Bonchev–Trinajstić information content (AvgIpc) is 2.68. The summed E-state index contributed by atoms with van der Waals surface area (Å²) < 4.78 is 0. The summed E-state index contributed by atoms with van der Waals surface area (Å²) in [4.78, 5) is 28.2. The van der Waals surface area contributed by atoms with Crippen molar-refractivity contribution in [2.45, 2.75) is 12.5 Å². The molecule has 6 nitrogen and oxygen atoms in total. The van der Waals surface area contributed by atoms with Crippen molar-refractivity contribution < 1.29 is 9.59 Å². The van der Waals surface area contributed by atoms with E-state index in [4.69, 9.17) is 0 Å². The molecule has 28 heavy (non-hydrogen) atoms. The summed E-state index contributed by atoms with van der Waals surface area (Å²) in [5, 5.41) is 5.42. The first-order valence-electron chi connectivity index (χ1n) is 9.42. The van der Waals surface area contributed by atoms with E-state index in [9.17, 15) is 9.59 Å². The van der Waals surface area contributed by atoms with Crippen molar-refractivity contribution in [3.8, 4) is 0 Å². The lowest BCUT2D eigenvalue weighted by Crippen LogP contribution is -2.43. The van der Waals surface area contributed by atoms with Crippen LogP contribution in [-0.4, -0.2) is 58.0 Å². The van der Waals surface area contributed by atoms with Gasteiger partial charge in [0, 0.05) is 32.9 Å². The molecule has 0 aliphatic heterocycles. The van der Waals surface area contributed by atoms with Crippen molar-refractivity contribution in [3.05, 3.63) is 65.7 Å². The third kappa shape index (κ3) is 6.39. The predicted molar refractivity (Wildman–Crippen MR) is 113 cm³/mol. The Balaban J connectivity index is 1.84. The Morgan fingerprint density at radius 3 is 2.04 bits per heavy atom. The van der Waals surface area contributed by atoms with E-state index in [0.29, 0.717) is 19.5 Å². The molecule has 0 saturated heterocycles. The smallest absolute Gasteiger partial charge is 0.309 e. The molecule has 0 aliphatic rings. The van der Waals surface area contributed by atoms with Gasteiger partial charge in [-0.2, -0.15) is 0 Å². The first-order chi connectivity index (χ1) is 13.4. The molecule has 0 aliphatic carbocycles. The molecule has 2 N–H and O–H groups in total. The molecule has 0 aromatic heterocycles. The number of rotatable bonds is 8. The van der Waals surface area contributed by atoms with Gasteiger partial charge in [0.25, 0.3) is 0 Å². The lowest BCUT2D eigenvalue weighted by molar-refractivity contribution is -0.139. The highest BCUT2D eigenvalue weighted by Crippen LogP contribution is 2.20. The van der Waals surface area contributed by atoms with Crippen molar-refractivity contribution in [1.82, 2.24) is 15.5 Å². The fourth-order valence-corrected chi connectivity index (χ4v) is 2.91. The third-order valence-electron chi connectivity index (χ3n) is 4.62. The van der Waals surface area contributed by atoms with Gasteiger partial charge in [0.1, 0.15) is 0 Å². The Bertz CT molecular complexity index is 758. The van der Waals surface area contributed by atoms with Crippen LogP contribution in [0.3, 0.4) is 0 Å². The standard InChI is InChI=1S/C22H30N4O2/c1-25(2)19-12-10-18(11-13-19)20(26(3)4)16-24-22(28)21(27)23-15-14-17-8-6-5-7-9-17/h5-13,20H,14-16H2,1-4H3,(H,23,27)(H,24,28). The highest BCUT2D eigenvalue weighted by atomic mass is 16.2. The molecule has 6 heteroatoms. The Labute approximate surface area is 167 Å². The third-order valence-corrected chi connectivity index (χ3v) is 4.62. The van der Waals surface area contributed by atoms with Crippen LogP contribution in [0.2, 0.25) is 0 Å². The fourth-order valence-electron chi connectivity index (χ4n) is 2.91. The first-order valence-corrected chi connectivity index (χ1v) is 9.42. The van der Waals surface area contributed by atoms with Gasteiger partial charge in [0.15, 0.2) is 0 Å². The summed E-state index contributed by atoms with van der Waals surface area (Å²) in [7, 11) is 7.90. The number of carbonyl (C=O) groups is 2. The summed E-state index contributed by atoms with van der Waals surface area (Å²) in [6.07, 6.45) is 0.693. The van der Waals surface area contributed by atoms with E-state index in [2.05, 4.69) is 10.6 Å². The quantitative estimate of drug-likeness (QED) is 0.684. The van der Waals surface area contributed by atoms with Gasteiger partial charge in [-0.3, -0.25) is 9.59 Å². The first kappa shape index (κ1) is 21.4. The monoisotopic (exact) mass is 382 g/mol. The molecule has 0 spiro atoms. The summed E-state index contributed by atoms with van der Waals surface area (Å²) in [5.74, 6) is -1.21. The molecule has 2 amide bonds. The minimum absolute atomic E-state index is 0.0164. The molecule has 2 aromatic rings. The van der Waals surface area contributed by atoms with Gasteiger partial charge in [-0.15, -0.1) is 0 Å². The molecule has 150 valence electrons. The number of likely N-dealkylation sites (N-methyl/N-ethyl adjacent to an activating group) is 1. The SMILES string of the molecule is CN(C)c1ccc(C(CNC(=O)C(=O)NCCc2ccccc2)N(C)C)cc1. The number of nitrogens with one attached hydrogen (secondary N) is 2. The largest absolute Gasteiger partial charge is 0.378 e. The number of benzene rings is 2. The zero-order valence-electron chi connectivity index (χ0n) is 17.1. The molecule has 1 unspecified atom stereocenters. The van der Waals surface area contributed by atoms with Crippen molar-refractivity contribution in [2.75, 3.05) is 46.2 Å². The van der Waals surface area contributed by atoms with Gasteiger partial charge in [0.2, 0.25) is 0 Å². The van der Waals surface area contributed by atoms with Crippen molar-refractivity contribution in [3.63, 3.8) is 0 Å². The van der Waals surface area contributed by atoms with E-state index in [0.717, 1.165) is 16.8 Å². The summed E-state index contributed by atoms with van der Waals surface area (Å²) in [5.41, 5.74) is 3.32. The van der Waals surface area contributed by atoms with Crippen LogP contribution in [0.1, 0.15) is 17.2 Å². The highest BCUT2D eigenvalue weighted by molar-refractivity contribution is 6.35. The second-order valence-electron chi connectivity index (χ2n) is 7.17. The van der Waals surface area contributed by atoms with Crippen molar-refractivity contribution >= 4 is 17.5 Å². The zero-order valence-corrected chi connectivity index (χ0v) is 17.1. The molecule has 0 fully saturated rings. The summed E-state index contributed by atoms with van der Waals surface area (Å²) in [6, 6.07) is 18.0. The van der Waals surface area contributed by atoms with Crippen LogP contribution in [0, 0.1) is 0 Å². The van der Waals surface area contributed by atoms with E-state index < -0.39 is 11.8 Å². The van der Waals surface area contributed by atoms with Crippen LogP contribution in [0.4, 0.5) is 5.69 Å². The molecule has 2 rings (SSSR count). The topological polar surface area (TPSA) is 64.7 Å². The summed E-state index contributed by atoms with van der Waals surface area (Å²) >= 11 is 0. The van der Waals surface area contributed by atoms with Gasteiger partial charge >= 0.3 is 11.8 Å². The maximum Gasteiger partial charge on any atom is 0.309 e. The number of hydrogen-bond donors (Lipinski definition) is 2. The van der Waals surface area contributed by atoms with E-state index in [1.54, 1.807) is 0 Å². The molecule has 1 atom stereocenters. The normalized spacial score (nSPS) is 11.8. The highest BCUT2D eigenvalue weighted by Gasteiger charge is 2.18. The Kier molecular flexibility index (Phi) is 8.02. The van der Waals surface area contributed by atoms with Crippen LogP contribution in [0.15, 0.2) is 54.6 Å². The predicted octanol–water partition coefficient (Wildman–Crippen LogP) is 1.83. The van der Waals surface area contributed by atoms with Gasteiger partial charge in [-0.25, -0.2) is 0 Å². The number of anilines is 1. The number of nitrogens with zero attached hydrogens (tertiary/aromatic N) is 2. The van der Waals surface area contributed by atoms with Gasteiger partial charge in [-0.05, 0) is 43.8 Å². The molecule has 0 radical (unpaired) electrons. The van der Waals surface area contributed by atoms with Crippen molar-refractivity contribution in [2.24, 2.45) is 0 Å². The maximum absolute atomic E-state index is 12.1. The minimum atomic E-state index is -0.607. The van der Waals surface area contributed by atoms with Gasteiger partial charge < -0.3 is 20.4 Å². The molecule has 0 bridgehead atoms. The van der Waals surface area contributed by atoms with E-state index in [1.807, 2.05) is 92.6 Å². The molecule has 2 aromatic carbocycles. The van der Waals surface area contributed by atoms with Crippen LogP contribution in [-0.2, 0) is 16.0 Å². The maximum atomic E-state index is 12.1. The van der Waals surface area contributed by atoms with Crippen molar-refractivity contribution in [1.29, 1.82) is 0 Å². The van der Waals surface area contributed by atoms with E-state index in [-0.39, 0.29) is 6.04 Å². The minimum Gasteiger partial charge on any atom is -0.378 e.